The number of anilines is 1. The van der Waals surface area contributed by atoms with Crippen molar-refractivity contribution in [2.45, 2.75) is 32.8 Å². The lowest BCUT2D eigenvalue weighted by atomic mass is 10.2. The highest BCUT2D eigenvalue weighted by Crippen LogP contribution is 2.25. The van der Waals surface area contributed by atoms with Crippen LogP contribution in [0.25, 0.3) is 10.6 Å². The van der Waals surface area contributed by atoms with E-state index in [2.05, 4.69) is 22.0 Å². The fourth-order valence-electron chi connectivity index (χ4n) is 1.57. The van der Waals surface area contributed by atoms with Gasteiger partial charge in [0.1, 0.15) is 6.61 Å². The van der Waals surface area contributed by atoms with Crippen LogP contribution in [0.15, 0.2) is 29.7 Å². The molecule has 0 aliphatic carbocycles. The molecule has 2 N–H and O–H groups in total. The molecule has 0 atom stereocenters. The summed E-state index contributed by atoms with van der Waals surface area (Å²) in [6.07, 6.45) is 8.59. The first kappa shape index (κ1) is 14.5. The lowest BCUT2D eigenvalue weighted by Crippen LogP contribution is -1.90. The number of rotatable bonds is 7. The molecule has 0 aliphatic rings. The second kappa shape index (κ2) is 7.59. The Balaban J connectivity index is 1.84. The van der Waals surface area contributed by atoms with Crippen molar-refractivity contribution < 1.29 is 4.84 Å². The lowest BCUT2D eigenvalue weighted by molar-refractivity contribution is 0.131. The molecule has 0 amide bonds. The van der Waals surface area contributed by atoms with Crippen LogP contribution in [0.4, 0.5) is 5.13 Å². The normalized spacial score (nSPS) is 11.1. The minimum Gasteiger partial charge on any atom is -0.391 e. The number of thiazole rings is 1. The number of pyridine rings is 1. The van der Waals surface area contributed by atoms with E-state index < -0.39 is 0 Å². The second-order valence-electron chi connectivity index (χ2n) is 4.32. The number of nitrogen functional groups attached to an aromatic ring is 1. The van der Waals surface area contributed by atoms with Gasteiger partial charge in [0, 0.05) is 24.2 Å². The third-order valence-corrected chi connectivity index (χ3v) is 3.52. The Morgan fingerprint density at radius 3 is 2.90 bits per heavy atom. The van der Waals surface area contributed by atoms with Gasteiger partial charge >= 0.3 is 0 Å². The first-order valence-corrected chi connectivity index (χ1v) is 7.41. The molecule has 20 heavy (non-hydrogen) atoms. The minimum atomic E-state index is 0.431. The third kappa shape index (κ3) is 4.31. The first-order valence-electron chi connectivity index (χ1n) is 6.60. The zero-order valence-corrected chi connectivity index (χ0v) is 12.3. The van der Waals surface area contributed by atoms with Crippen LogP contribution in [0.3, 0.4) is 0 Å². The molecule has 0 saturated carbocycles. The van der Waals surface area contributed by atoms with Gasteiger partial charge in [-0.15, -0.1) is 0 Å². The van der Waals surface area contributed by atoms with Gasteiger partial charge in [0.15, 0.2) is 5.13 Å². The molecule has 6 heteroatoms. The van der Waals surface area contributed by atoms with E-state index in [4.69, 9.17) is 10.6 Å². The van der Waals surface area contributed by atoms with Gasteiger partial charge in [-0.25, -0.2) is 4.98 Å². The molecule has 0 bridgehead atoms. The Hall–Kier alpha value is -1.95. The summed E-state index contributed by atoms with van der Waals surface area (Å²) in [7, 11) is 0. The highest BCUT2D eigenvalue weighted by molar-refractivity contribution is 7.18. The number of oxime groups is 1. The molecular formula is C14H18N4OS. The maximum atomic E-state index is 5.61. The van der Waals surface area contributed by atoms with Crippen molar-refractivity contribution in [3.8, 4) is 10.6 Å². The van der Waals surface area contributed by atoms with Crippen molar-refractivity contribution in [3.63, 3.8) is 0 Å². The Bertz CT molecular complexity index is 551. The molecule has 0 radical (unpaired) electrons. The summed E-state index contributed by atoms with van der Waals surface area (Å²) >= 11 is 1.43. The maximum absolute atomic E-state index is 5.61. The van der Waals surface area contributed by atoms with E-state index in [1.54, 1.807) is 12.4 Å². The molecule has 2 aromatic heterocycles. The average molecular weight is 290 g/mol. The van der Waals surface area contributed by atoms with Crippen LogP contribution in [0, 0.1) is 0 Å². The van der Waals surface area contributed by atoms with E-state index in [-0.39, 0.29) is 0 Å². The Kier molecular flexibility index (Phi) is 5.49. The summed E-state index contributed by atoms with van der Waals surface area (Å²) in [5.41, 5.74) is 7.46. The predicted octanol–water partition coefficient (Wildman–Crippen LogP) is 3.48. The standard InChI is InChI=1S/C14H18N4OS/c1-2-3-4-7-18-19-10-11-5-6-12(16-8-11)13-9-17-14(15)20-13/h5-9H,2-4,10H2,1H3,(H2,15,17). The summed E-state index contributed by atoms with van der Waals surface area (Å²) in [5, 5.41) is 4.46. The molecule has 0 spiro atoms. The van der Waals surface area contributed by atoms with E-state index >= 15 is 0 Å². The summed E-state index contributed by atoms with van der Waals surface area (Å²) in [6.45, 7) is 2.58. The highest BCUT2D eigenvalue weighted by atomic mass is 32.1. The molecule has 0 unspecified atom stereocenters. The molecule has 2 rings (SSSR count). The van der Waals surface area contributed by atoms with Crippen molar-refractivity contribution in [3.05, 3.63) is 30.1 Å². The van der Waals surface area contributed by atoms with E-state index in [1.807, 2.05) is 18.3 Å². The first-order chi connectivity index (χ1) is 9.79. The zero-order chi connectivity index (χ0) is 14.2. The number of unbranched alkanes of at least 4 members (excludes halogenated alkanes) is 2. The van der Waals surface area contributed by atoms with Crippen molar-refractivity contribution in [2.24, 2.45) is 5.16 Å². The SMILES string of the molecule is CCCCC=NOCc1ccc(-c2cnc(N)s2)nc1. The van der Waals surface area contributed by atoms with Crippen LogP contribution < -0.4 is 5.73 Å². The smallest absolute Gasteiger partial charge is 0.180 e. The van der Waals surface area contributed by atoms with Gasteiger partial charge in [-0.1, -0.05) is 35.9 Å². The minimum absolute atomic E-state index is 0.431. The van der Waals surface area contributed by atoms with Gasteiger partial charge in [-0.3, -0.25) is 4.98 Å². The van der Waals surface area contributed by atoms with Gasteiger partial charge in [0.25, 0.3) is 0 Å². The van der Waals surface area contributed by atoms with Gasteiger partial charge in [-0.05, 0) is 18.9 Å². The lowest BCUT2D eigenvalue weighted by Gasteiger charge is -2.01. The van der Waals surface area contributed by atoms with Crippen LogP contribution in [0.2, 0.25) is 0 Å². The fraction of sp³-hybridized carbons (Fsp3) is 0.357. The quantitative estimate of drug-likeness (QED) is 0.481. The highest BCUT2D eigenvalue weighted by Gasteiger charge is 2.03. The van der Waals surface area contributed by atoms with Crippen molar-refractivity contribution in [1.82, 2.24) is 9.97 Å². The Morgan fingerprint density at radius 2 is 2.25 bits per heavy atom. The van der Waals surface area contributed by atoms with Crippen LogP contribution in [-0.4, -0.2) is 16.2 Å². The predicted molar refractivity (Wildman–Crippen MR) is 82.6 cm³/mol. The van der Waals surface area contributed by atoms with Gasteiger partial charge < -0.3 is 10.6 Å². The number of hydrogen-bond donors (Lipinski definition) is 1. The third-order valence-electron chi connectivity index (χ3n) is 2.67. The van der Waals surface area contributed by atoms with E-state index in [1.165, 1.54) is 17.8 Å². The van der Waals surface area contributed by atoms with Crippen LogP contribution in [0.5, 0.6) is 0 Å². The zero-order valence-electron chi connectivity index (χ0n) is 11.5. The van der Waals surface area contributed by atoms with Gasteiger partial charge in [0.05, 0.1) is 10.6 Å². The van der Waals surface area contributed by atoms with Gasteiger partial charge in [0.2, 0.25) is 0 Å². The molecule has 2 aromatic rings. The molecule has 106 valence electrons. The second-order valence-corrected chi connectivity index (χ2v) is 5.38. The van der Waals surface area contributed by atoms with Crippen LogP contribution >= 0.6 is 11.3 Å². The van der Waals surface area contributed by atoms with Crippen LogP contribution in [0.1, 0.15) is 31.7 Å². The van der Waals surface area contributed by atoms with Crippen molar-refractivity contribution in [2.75, 3.05) is 5.73 Å². The molecular weight excluding hydrogens is 272 g/mol. The van der Waals surface area contributed by atoms with Crippen molar-refractivity contribution >= 4 is 22.7 Å². The number of nitrogens with zero attached hydrogens (tertiary/aromatic N) is 3. The number of aromatic nitrogens is 2. The monoisotopic (exact) mass is 290 g/mol. The summed E-state index contributed by atoms with van der Waals surface area (Å²) in [5.74, 6) is 0. The Morgan fingerprint density at radius 1 is 1.35 bits per heavy atom. The average Bonchev–Trinajstić information content (AvgIpc) is 2.90. The molecule has 2 heterocycles. The van der Waals surface area contributed by atoms with E-state index in [9.17, 15) is 0 Å². The Labute approximate surface area is 122 Å². The molecule has 0 aliphatic heterocycles. The summed E-state index contributed by atoms with van der Waals surface area (Å²) in [4.78, 5) is 14.6. The maximum Gasteiger partial charge on any atom is 0.180 e. The van der Waals surface area contributed by atoms with Gasteiger partial charge in [-0.2, -0.15) is 0 Å². The number of nitrogens with two attached hydrogens (primary N) is 1. The van der Waals surface area contributed by atoms with E-state index in [0.29, 0.717) is 11.7 Å². The topological polar surface area (TPSA) is 73.4 Å². The fourth-order valence-corrected chi connectivity index (χ4v) is 2.24. The summed E-state index contributed by atoms with van der Waals surface area (Å²) < 4.78 is 0. The summed E-state index contributed by atoms with van der Waals surface area (Å²) in [6, 6.07) is 3.91. The molecule has 0 fully saturated rings. The molecule has 0 aromatic carbocycles. The van der Waals surface area contributed by atoms with E-state index in [0.717, 1.165) is 29.0 Å². The molecule has 5 nitrogen and oxygen atoms in total. The molecule has 0 saturated heterocycles. The number of hydrogen-bond acceptors (Lipinski definition) is 6. The van der Waals surface area contributed by atoms with Crippen molar-refractivity contribution in [1.29, 1.82) is 0 Å². The largest absolute Gasteiger partial charge is 0.391 e. The van der Waals surface area contributed by atoms with Crippen LogP contribution in [-0.2, 0) is 11.4 Å².